The van der Waals surface area contributed by atoms with Gasteiger partial charge in [0.25, 0.3) is 0 Å². The van der Waals surface area contributed by atoms with Gasteiger partial charge in [-0.15, -0.1) is 0 Å². The Hall–Kier alpha value is -1.26. The van der Waals surface area contributed by atoms with Gasteiger partial charge in [0.2, 0.25) is 5.91 Å². The standard InChI is InChI=1S/C15H32N4O/c1-3-4-7-10-13(2)14(20)18-11-8-5-6-9-12-19-15(16)17/h13H,3-12H2,1-2H3,(H,18,20)(H4,16,17,19). The number of aliphatic imine (C=N–C) groups is 1. The highest BCUT2D eigenvalue weighted by atomic mass is 16.1. The molecule has 1 atom stereocenters. The van der Waals surface area contributed by atoms with E-state index in [2.05, 4.69) is 17.2 Å². The van der Waals surface area contributed by atoms with Crippen LogP contribution in [0.5, 0.6) is 0 Å². The van der Waals surface area contributed by atoms with Crippen molar-refractivity contribution in [3.63, 3.8) is 0 Å². The maximum Gasteiger partial charge on any atom is 0.222 e. The summed E-state index contributed by atoms with van der Waals surface area (Å²) in [7, 11) is 0. The lowest BCUT2D eigenvalue weighted by atomic mass is 10.0. The zero-order chi connectivity index (χ0) is 15.2. The van der Waals surface area contributed by atoms with Gasteiger partial charge in [0, 0.05) is 19.0 Å². The molecule has 0 aromatic carbocycles. The predicted molar refractivity (Wildman–Crippen MR) is 85.5 cm³/mol. The number of carbonyl (C=O) groups is 1. The highest BCUT2D eigenvalue weighted by Crippen LogP contribution is 2.09. The van der Waals surface area contributed by atoms with Crippen molar-refractivity contribution < 1.29 is 4.79 Å². The summed E-state index contributed by atoms with van der Waals surface area (Å²) < 4.78 is 0. The van der Waals surface area contributed by atoms with Gasteiger partial charge in [-0.3, -0.25) is 9.79 Å². The van der Waals surface area contributed by atoms with E-state index in [1.807, 2.05) is 6.92 Å². The lowest BCUT2D eigenvalue weighted by Crippen LogP contribution is -2.30. The van der Waals surface area contributed by atoms with Gasteiger partial charge in [0.15, 0.2) is 5.96 Å². The van der Waals surface area contributed by atoms with E-state index in [0.29, 0.717) is 6.54 Å². The summed E-state index contributed by atoms with van der Waals surface area (Å²) in [5, 5.41) is 3.01. The quantitative estimate of drug-likeness (QED) is 0.291. The van der Waals surface area contributed by atoms with Gasteiger partial charge >= 0.3 is 0 Å². The predicted octanol–water partition coefficient (Wildman–Crippen LogP) is 2.15. The van der Waals surface area contributed by atoms with Crippen LogP contribution >= 0.6 is 0 Å². The van der Waals surface area contributed by atoms with Crippen LogP contribution in [0.1, 0.15) is 65.2 Å². The molecular formula is C15H32N4O. The number of hydrogen-bond acceptors (Lipinski definition) is 2. The van der Waals surface area contributed by atoms with E-state index in [9.17, 15) is 4.79 Å². The first-order valence-electron chi connectivity index (χ1n) is 7.91. The number of nitrogens with two attached hydrogens (primary N) is 2. The Labute approximate surface area is 123 Å². The minimum atomic E-state index is 0.142. The zero-order valence-corrected chi connectivity index (χ0v) is 13.2. The molecule has 0 aromatic heterocycles. The molecule has 20 heavy (non-hydrogen) atoms. The Morgan fingerprint density at radius 2 is 1.80 bits per heavy atom. The lowest BCUT2D eigenvalue weighted by Gasteiger charge is -2.11. The van der Waals surface area contributed by atoms with Gasteiger partial charge in [-0.1, -0.05) is 46.0 Å². The van der Waals surface area contributed by atoms with Crippen molar-refractivity contribution in [3.05, 3.63) is 0 Å². The second kappa shape index (κ2) is 12.8. The first kappa shape index (κ1) is 18.7. The molecule has 0 saturated carbocycles. The molecule has 0 heterocycles. The van der Waals surface area contributed by atoms with Crippen molar-refractivity contribution in [3.8, 4) is 0 Å². The molecule has 0 aliphatic carbocycles. The maximum atomic E-state index is 11.8. The van der Waals surface area contributed by atoms with Crippen LogP contribution in [0.15, 0.2) is 4.99 Å². The van der Waals surface area contributed by atoms with Gasteiger partial charge in [-0.05, 0) is 19.3 Å². The fourth-order valence-electron chi connectivity index (χ4n) is 2.02. The zero-order valence-electron chi connectivity index (χ0n) is 13.2. The Morgan fingerprint density at radius 1 is 1.10 bits per heavy atom. The van der Waals surface area contributed by atoms with Crippen LogP contribution in [-0.2, 0) is 4.79 Å². The summed E-state index contributed by atoms with van der Waals surface area (Å²) >= 11 is 0. The Bertz CT molecular complexity index is 275. The molecule has 0 rings (SSSR count). The fourth-order valence-corrected chi connectivity index (χ4v) is 2.02. The van der Waals surface area contributed by atoms with E-state index in [-0.39, 0.29) is 17.8 Å². The minimum Gasteiger partial charge on any atom is -0.370 e. The summed E-state index contributed by atoms with van der Waals surface area (Å²) in [6.45, 7) is 5.67. The summed E-state index contributed by atoms with van der Waals surface area (Å²) in [6, 6.07) is 0. The van der Waals surface area contributed by atoms with Crippen LogP contribution in [0.4, 0.5) is 0 Å². The molecular weight excluding hydrogens is 252 g/mol. The van der Waals surface area contributed by atoms with E-state index in [0.717, 1.165) is 45.1 Å². The van der Waals surface area contributed by atoms with Gasteiger partial charge in [0.1, 0.15) is 0 Å². The van der Waals surface area contributed by atoms with Crippen molar-refractivity contribution in [2.24, 2.45) is 22.4 Å². The molecule has 0 aliphatic heterocycles. The van der Waals surface area contributed by atoms with Crippen LogP contribution in [0, 0.1) is 5.92 Å². The van der Waals surface area contributed by atoms with Crippen LogP contribution in [-0.4, -0.2) is 25.0 Å². The molecule has 5 N–H and O–H groups in total. The highest BCUT2D eigenvalue weighted by Gasteiger charge is 2.10. The molecule has 0 spiro atoms. The molecule has 0 saturated heterocycles. The van der Waals surface area contributed by atoms with Crippen LogP contribution in [0.3, 0.4) is 0 Å². The number of unbranched alkanes of at least 4 members (excludes halogenated alkanes) is 5. The average molecular weight is 284 g/mol. The number of guanidine groups is 1. The van der Waals surface area contributed by atoms with E-state index >= 15 is 0 Å². The van der Waals surface area contributed by atoms with Crippen molar-refractivity contribution in [1.29, 1.82) is 0 Å². The summed E-state index contributed by atoms with van der Waals surface area (Å²) in [4.78, 5) is 15.7. The van der Waals surface area contributed by atoms with Crippen LogP contribution < -0.4 is 16.8 Å². The highest BCUT2D eigenvalue weighted by molar-refractivity contribution is 5.78. The van der Waals surface area contributed by atoms with E-state index in [4.69, 9.17) is 11.5 Å². The molecule has 5 nitrogen and oxygen atoms in total. The molecule has 118 valence electrons. The Kier molecular flexibility index (Phi) is 12.0. The van der Waals surface area contributed by atoms with Crippen LogP contribution in [0.2, 0.25) is 0 Å². The SMILES string of the molecule is CCCCCC(C)C(=O)NCCCCCCN=C(N)N. The molecule has 0 aromatic rings. The first-order valence-corrected chi connectivity index (χ1v) is 7.91. The molecule has 0 bridgehead atoms. The monoisotopic (exact) mass is 284 g/mol. The van der Waals surface area contributed by atoms with Crippen LogP contribution in [0.25, 0.3) is 0 Å². The summed E-state index contributed by atoms with van der Waals surface area (Å²) in [6.07, 6.45) is 8.79. The third kappa shape index (κ3) is 11.8. The largest absolute Gasteiger partial charge is 0.370 e. The minimum absolute atomic E-state index is 0.142. The molecule has 0 radical (unpaired) electrons. The topological polar surface area (TPSA) is 93.5 Å². The molecule has 0 fully saturated rings. The number of rotatable bonds is 12. The average Bonchev–Trinajstić information content (AvgIpc) is 2.41. The smallest absolute Gasteiger partial charge is 0.222 e. The number of carbonyl (C=O) groups excluding carboxylic acids is 1. The first-order chi connectivity index (χ1) is 9.57. The van der Waals surface area contributed by atoms with Crippen molar-refractivity contribution in [2.45, 2.75) is 65.2 Å². The Balaban J connectivity index is 3.40. The fraction of sp³-hybridized carbons (Fsp3) is 0.867. The summed E-state index contributed by atoms with van der Waals surface area (Å²) in [5.41, 5.74) is 10.5. The third-order valence-electron chi connectivity index (χ3n) is 3.37. The molecule has 1 unspecified atom stereocenters. The number of hydrogen-bond donors (Lipinski definition) is 3. The number of nitrogens with zero attached hydrogens (tertiary/aromatic N) is 1. The lowest BCUT2D eigenvalue weighted by molar-refractivity contribution is -0.124. The van der Waals surface area contributed by atoms with Gasteiger partial charge < -0.3 is 16.8 Å². The molecule has 5 heteroatoms. The maximum absolute atomic E-state index is 11.8. The molecule has 0 aliphatic rings. The van der Waals surface area contributed by atoms with Crippen molar-refractivity contribution in [2.75, 3.05) is 13.1 Å². The second-order valence-electron chi connectivity index (χ2n) is 5.41. The van der Waals surface area contributed by atoms with E-state index in [1.54, 1.807) is 0 Å². The second-order valence-corrected chi connectivity index (χ2v) is 5.41. The van der Waals surface area contributed by atoms with Gasteiger partial charge in [-0.25, -0.2) is 0 Å². The van der Waals surface area contributed by atoms with Gasteiger partial charge in [-0.2, -0.15) is 0 Å². The van der Waals surface area contributed by atoms with Crippen molar-refractivity contribution in [1.82, 2.24) is 5.32 Å². The number of nitrogens with one attached hydrogen (secondary N) is 1. The third-order valence-corrected chi connectivity index (χ3v) is 3.37. The van der Waals surface area contributed by atoms with Crippen molar-refractivity contribution >= 4 is 11.9 Å². The summed E-state index contributed by atoms with van der Waals surface area (Å²) in [5.74, 6) is 0.499. The van der Waals surface area contributed by atoms with E-state index < -0.39 is 0 Å². The number of amides is 1. The van der Waals surface area contributed by atoms with Gasteiger partial charge in [0.05, 0.1) is 0 Å². The van der Waals surface area contributed by atoms with E-state index in [1.165, 1.54) is 12.8 Å². The molecule has 1 amide bonds. The Morgan fingerprint density at radius 3 is 2.45 bits per heavy atom. The normalized spacial score (nSPS) is 11.9.